The van der Waals surface area contributed by atoms with Crippen LogP contribution in [-0.2, 0) is 4.74 Å². The minimum absolute atomic E-state index is 0.123. The van der Waals surface area contributed by atoms with Crippen molar-refractivity contribution < 1.29 is 14.6 Å². The molecule has 0 bridgehead atoms. The third kappa shape index (κ3) is 2.54. The highest BCUT2D eigenvalue weighted by molar-refractivity contribution is 7.13. The molecule has 4 nitrogen and oxygen atoms in total. The fourth-order valence-corrected chi connectivity index (χ4v) is 2.55. The summed E-state index contributed by atoms with van der Waals surface area (Å²) in [6.07, 6.45) is -0.123. The number of carbonyl (C=O) groups is 1. The minimum Gasteiger partial charge on any atom is -0.477 e. The van der Waals surface area contributed by atoms with Gasteiger partial charge in [-0.25, -0.2) is 9.78 Å². The van der Waals surface area contributed by atoms with Crippen molar-refractivity contribution in [3.63, 3.8) is 0 Å². The highest BCUT2D eigenvalue weighted by atomic mass is 32.1. The van der Waals surface area contributed by atoms with Crippen LogP contribution in [0.2, 0.25) is 0 Å². The van der Waals surface area contributed by atoms with Gasteiger partial charge in [-0.3, -0.25) is 0 Å². The zero-order valence-corrected chi connectivity index (χ0v) is 10.1. The molecule has 0 fully saturated rings. The van der Waals surface area contributed by atoms with Crippen LogP contribution in [0.4, 0.5) is 0 Å². The van der Waals surface area contributed by atoms with Gasteiger partial charge in [0.05, 0.1) is 5.69 Å². The van der Waals surface area contributed by atoms with Crippen molar-refractivity contribution in [3.8, 4) is 0 Å². The quantitative estimate of drug-likeness (QED) is 0.861. The van der Waals surface area contributed by atoms with Gasteiger partial charge < -0.3 is 9.84 Å². The van der Waals surface area contributed by atoms with Crippen LogP contribution in [0.1, 0.15) is 40.3 Å². The van der Waals surface area contributed by atoms with E-state index in [0.29, 0.717) is 10.6 Å². The number of methoxy groups -OCH3 is 1. The molecule has 1 heterocycles. The molecule has 0 radical (unpaired) electrons. The number of aryl methyl sites for hydroxylation is 1. The summed E-state index contributed by atoms with van der Waals surface area (Å²) in [5.74, 6) is -0.642. The molecule has 1 rings (SSSR count). The van der Waals surface area contributed by atoms with Gasteiger partial charge in [-0.1, -0.05) is 13.8 Å². The number of aromatic carboxylic acids is 1. The van der Waals surface area contributed by atoms with Gasteiger partial charge in [0.2, 0.25) is 0 Å². The van der Waals surface area contributed by atoms with Gasteiger partial charge in [0.1, 0.15) is 16.0 Å². The second-order valence-corrected chi connectivity index (χ2v) is 4.70. The number of carboxylic acids is 1. The molecule has 1 aromatic heterocycles. The summed E-state index contributed by atoms with van der Waals surface area (Å²) in [7, 11) is 1.61. The SMILES string of the molecule is COC(c1nc(C)c(C(=O)O)s1)C(C)C. The predicted molar refractivity (Wildman–Crippen MR) is 58.4 cm³/mol. The van der Waals surface area contributed by atoms with Gasteiger partial charge in [0.15, 0.2) is 0 Å². The first-order chi connectivity index (χ1) is 6.97. The topological polar surface area (TPSA) is 59.4 Å². The first kappa shape index (κ1) is 12.1. The highest BCUT2D eigenvalue weighted by Crippen LogP contribution is 2.30. The highest BCUT2D eigenvalue weighted by Gasteiger charge is 2.22. The van der Waals surface area contributed by atoms with E-state index in [-0.39, 0.29) is 12.0 Å². The van der Waals surface area contributed by atoms with Crippen LogP contribution in [0.5, 0.6) is 0 Å². The van der Waals surface area contributed by atoms with Crippen LogP contribution < -0.4 is 0 Å². The molecule has 1 atom stereocenters. The summed E-state index contributed by atoms with van der Waals surface area (Å²) < 4.78 is 5.30. The zero-order chi connectivity index (χ0) is 11.6. The fraction of sp³-hybridized carbons (Fsp3) is 0.600. The number of rotatable bonds is 4. The molecule has 0 aliphatic heterocycles. The molecular formula is C10H15NO3S. The Morgan fingerprint density at radius 2 is 2.13 bits per heavy atom. The van der Waals surface area contributed by atoms with Gasteiger partial charge in [-0.2, -0.15) is 0 Å². The van der Waals surface area contributed by atoms with E-state index in [1.807, 2.05) is 13.8 Å². The molecule has 84 valence electrons. The maximum absolute atomic E-state index is 10.8. The lowest BCUT2D eigenvalue weighted by Gasteiger charge is -2.15. The first-order valence-electron chi connectivity index (χ1n) is 4.70. The Balaban J connectivity index is 3.05. The Morgan fingerprint density at radius 3 is 2.47 bits per heavy atom. The molecule has 0 saturated carbocycles. The molecule has 1 unspecified atom stereocenters. The number of ether oxygens (including phenoxy) is 1. The van der Waals surface area contributed by atoms with Gasteiger partial charge in [0, 0.05) is 7.11 Å². The second kappa shape index (κ2) is 4.72. The number of nitrogens with zero attached hydrogens (tertiary/aromatic N) is 1. The molecule has 0 amide bonds. The van der Waals surface area contributed by atoms with Crippen molar-refractivity contribution in [2.45, 2.75) is 26.9 Å². The van der Waals surface area contributed by atoms with Crippen LogP contribution in [0.15, 0.2) is 0 Å². The van der Waals surface area contributed by atoms with Crippen LogP contribution in [0, 0.1) is 12.8 Å². The van der Waals surface area contributed by atoms with Gasteiger partial charge in [0.25, 0.3) is 0 Å². The predicted octanol–water partition coefficient (Wildman–Crippen LogP) is 2.49. The maximum Gasteiger partial charge on any atom is 0.347 e. The maximum atomic E-state index is 10.8. The number of hydrogen-bond donors (Lipinski definition) is 1. The van der Waals surface area contributed by atoms with E-state index in [1.165, 1.54) is 11.3 Å². The Bertz CT molecular complexity index is 360. The Kier molecular flexibility index (Phi) is 3.82. The minimum atomic E-state index is -0.921. The van der Waals surface area contributed by atoms with Crippen molar-refractivity contribution in [1.29, 1.82) is 0 Å². The average molecular weight is 229 g/mol. The lowest BCUT2D eigenvalue weighted by atomic mass is 10.1. The third-order valence-corrected chi connectivity index (χ3v) is 3.32. The van der Waals surface area contributed by atoms with E-state index in [9.17, 15) is 4.79 Å². The van der Waals surface area contributed by atoms with Crippen LogP contribution in [-0.4, -0.2) is 23.2 Å². The van der Waals surface area contributed by atoms with Gasteiger partial charge >= 0.3 is 5.97 Å². The van der Waals surface area contributed by atoms with Crippen LogP contribution >= 0.6 is 11.3 Å². The molecule has 1 N–H and O–H groups in total. The molecule has 0 saturated heterocycles. The monoisotopic (exact) mass is 229 g/mol. The number of thiazole rings is 1. The number of aromatic nitrogens is 1. The average Bonchev–Trinajstić information content (AvgIpc) is 2.48. The van der Waals surface area contributed by atoms with E-state index in [0.717, 1.165) is 5.01 Å². The Hall–Kier alpha value is -0.940. The molecule has 0 aromatic carbocycles. The van der Waals surface area contributed by atoms with Gasteiger partial charge in [-0.15, -0.1) is 11.3 Å². The fourth-order valence-electron chi connectivity index (χ4n) is 1.40. The molecule has 1 aromatic rings. The zero-order valence-electron chi connectivity index (χ0n) is 9.27. The summed E-state index contributed by atoms with van der Waals surface area (Å²) in [5.41, 5.74) is 0.560. The third-order valence-electron chi connectivity index (χ3n) is 2.11. The second-order valence-electron chi connectivity index (χ2n) is 3.67. The molecular weight excluding hydrogens is 214 g/mol. The smallest absolute Gasteiger partial charge is 0.347 e. The van der Waals surface area contributed by atoms with E-state index < -0.39 is 5.97 Å². The van der Waals surface area contributed by atoms with Crippen LogP contribution in [0.25, 0.3) is 0 Å². The Morgan fingerprint density at radius 1 is 1.53 bits per heavy atom. The molecule has 0 aliphatic carbocycles. The van der Waals surface area contributed by atoms with Crippen LogP contribution in [0.3, 0.4) is 0 Å². The Labute approximate surface area is 92.9 Å². The van der Waals surface area contributed by atoms with Crippen molar-refractivity contribution in [2.24, 2.45) is 5.92 Å². The summed E-state index contributed by atoms with van der Waals surface area (Å²) in [5, 5.41) is 9.64. The summed E-state index contributed by atoms with van der Waals surface area (Å²) in [6.45, 7) is 5.74. The number of hydrogen-bond acceptors (Lipinski definition) is 4. The first-order valence-corrected chi connectivity index (χ1v) is 5.52. The van der Waals surface area contributed by atoms with Crippen molar-refractivity contribution in [2.75, 3.05) is 7.11 Å². The van der Waals surface area contributed by atoms with Gasteiger partial charge in [-0.05, 0) is 12.8 Å². The van der Waals surface area contributed by atoms with Crippen molar-refractivity contribution >= 4 is 17.3 Å². The summed E-state index contributed by atoms with van der Waals surface area (Å²) >= 11 is 1.19. The molecule has 15 heavy (non-hydrogen) atoms. The number of carboxylic acid groups (broad SMARTS) is 1. The lowest BCUT2D eigenvalue weighted by Crippen LogP contribution is -2.08. The molecule has 0 spiro atoms. The van der Waals surface area contributed by atoms with E-state index in [4.69, 9.17) is 9.84 Å². The van der Waals surface area contributed by atoms with Crippen molar-refractivity contribution in [1.82, 2.24) is 4.98 Å². The summed E-state index contributed by atoms with van der Waals surface area (Å²) in [6, 6.07) is 0. The lowest BCUT2D eigenvalue weighted by molar-refractivity contribution is 0.0643. The van der Waals surface area contributed by atoms with E-state index in [2.05, 4.69) is 4.98 Å². The largest absolute Gasteiger partial charge is 0.477 e. The van der Waals surface area contributed by atoms with E-state index in [1.54, 1.807) is 14.0 Å². The van der Waals surface area contributed by atoms with Crippen molar-refractivity contribution in [3.05, 3.63) is 15.6 Å². The van der Waals surface area contributed by atoms with E-state index >= 15 is 0 Å². The molecule has 5 heteroatoms. The summed E-state index contributed by atoms with van der Waals surface area (Å²) in [4.78, 5) is 15.4. The standard InChI is InChI=1S/C10H15NO3S/c1-5(2)7(14-4)9-11-6(3)8(15-9)10(12)13/h5,7H,1-4H3,(H,12,13). The normalized spacial score (nSPS) is 13.1. The molecule has 0 aliphatic rings.